The normalized spacial score (nSPS) is 14.9. The maximum absolute atomic E-state index is 11.4. The second kappa shape index (κ2) is 5.88. The number of anilines is 3. The van der Waals surface area contributed by atoms with Crippen molar-refractivity contribution in [3.05, 3.63) is 42.2 Å². The van der Waals surface area contributed by atoms with E-state index in [-0.39, 0.29) is 5.56 Å². The van der Waals surface area contributed by atoms with Gasteiger partial charge in [0, 0.05) is 32.4 Å². The first kappa shape index (κ1) is 14.1. The molecule has 0 aromatic carbocycles. The number of hydrogen-bond acceptors (Lipinski definition) is 6. The van der Waals surface area contributed by atoms with Gasteiger partial charge in [-0.25, -0.2) is 14.8 Å². The van der Waals surface area contributed by atoms with Gasteiger partial charge in [0.2, 0.25) is 0 Å². The summed E-state index contributed by atoms with van der Waals surface area (Å²) in [6.45, 7) is 2.91. The molecule has 0 radical (unpaired) electrons. The number of carboxylic acids is 1. The van der Waals surface area contributed by atoms with Crippen LogP contribution in [0, 0.1) is 0 Å². The fourth-order valence-electron chi connectivity index (χ4n) is 2.57. The van der Waals surface area contributed by atoms with Crippen LogP contribution in [0.15, 0.2) is 36.7 Å². The van der Waals surface area contributed by atoms with Crippen molar-refractivity contribution in [1.29, 1.82) is 0 Å². The third kappa shape index (κ3) is 2.78. The van der Waals surface area contributed by atoms with E-state index in [9.17, 15) is 9.90 Å². The van der Waals surface area contributed by atoms with E-state index in [0.717, 1.165) is 18.9 Å². The topological polar surface area (TPSA) is 95.6 Å². The molecule has 1 aliphatic heterocycles. The van der Waals surface area contributed by atoms with E-state index < -0.39 is 5.97 Å². The zero-order chi connectivity index (χ0) is 15.5. The third-order valence-electron chi connectivity index (χ3n) is 3.67. The van der Waals surface area contributed by atoms with Gasteiger partial charge >= 0.3 is 5.97 Å². The van der Waals surface area contributed by atoms with Crippen LogP contribution in [0.3, 0.4) is 0 Å². The van der Waals surface area contributed by atoms with E-state index >= 15 is 0 Å². The number of pyridine rings is 2. The first-order valence-electron chi connectivity index (χ1n) is 7.05. The number of rotatable bonds is 3. The molecule has 0 spiro atoms. The molecule has 0 atom stereocenters. The van der Waals surface area contributed by atoms with E-state index in [1.807, 2.05) is 23.1 Å². The van der Waals surface area contributed by atoms with Crippen molar-refractivity contribution in [3.63, 3.8) is 0 Å². The number of hydrogen-bond donors (Lipinski definition) is 2. The number of carboxylic acid groups (broad SMARTS) is 1. The van der Waals surface area contributed by atoms with Crippen LogP contribution in [0.25, 0.3) is 0 Å². The Balaban J connectivity index is 1.76. The Kier molecular flexibility index (Phi) is 3.78. The molecule has 1 aliphatic rings. The molecule has 3 rings (SSSR count). The summed E-state index contributed by atoms with van der Waals surface area (Å²) < 4.78 is 0. The van der Waals surface area contributed by atoms with Gasteiger partial charge < -0.3 is 20.6 Å². The quantitative estimate of drug-likeness (QED) is 0.875. The lowest BCUT2D eigenvalue weighted by Gasteiger charge is -2.36. The van der Waals surface area contributed by atoms with E-state index in [1.165, 1.54) is 12.3 Å². The first-order chi connectivity index (χ1) is 10.6. The van der Waals surface area contributed by atoms with Gasteiger partial charge in [0.1, 0.15) is 17.2 Å². The van der Waals surface area contributed by atoms with Gasteiger partial charge in [-0.1, -0.05) is 6.07 Å². The Morgan fingerprint density at radius 1 is 1.14 bits per heavy atom. The fourth-order valence-corrected chi connectivity index (χ4v) is 2.57. The van der Waals surface area contributed by atoms with E-state index in [1.54, 1.807) is 6.20 Å². The highest BCUT2D eigenvalue weighted by atomic mass is 16.4. The van der Waals surface area contributed by atoms with Crippen molar-refractivity contribution in [2.45, 2.75) is 0 Å². The average molecular weight is 299 g/mol. The summed E-state index contributed by atoms with van der Waals surface area (Å²) in [7, 11) is 0. The number of aromatic carboxylic acids is 1. The summed E-state index contributed by atoms with van der Waals surface area (Å²) in [5.41, 5.74) is 6.13. The van der Waals surface area contributed by atoms with Crippen LogP contribution in [-0.2, 0) is 0 Å². The van der Waals surface area contributed by atoms with Crippen LogP contribution in [0.5, 0.6) is 0 Å². The van der Waals surface area contributed by atoms with Crippen LogP contribution in [-0.4, -0.2) is 47.2 Å². The van der Waals surface area contributed by atoms with E-state index in [2.05, 4.69) is 14.9 Å². The molecule has 1 fully saturated rings. The molecule has 2 aromatic rings. The van der Waals surface area contributed by atoms with Gasteiger partial charge in [-0.05, 0) is 18.2 Å². The molecule has 0 saturated carbocycles. The van der Waals surface area contributed by atoms with Crippen molar-refractivity contribution in [2.75, 3.05) is 41.7 Å². The molecule has 0 bridgehead atoms. The molecule has 0 aliphatic carbocycles. The summed E-state index contributed by atoms with van der Waals surface area (Å²) in [6, 6.07) is 7.27. The van der Waals surface area contributed by atoms with E-state index in [4.69, 9.17) is 5.73 Å². The predicted octanol–water partition coefficient (Wildman–Crippen LogP) is 1.08. The number of aromatic nitrogens is 2. The number of nitrogens with two attached hydrogens (primary N) is 1. The van der Waals surface area contributed by atoms with Crippen molar-refractivity contribution in [1.82, 2.24) is 9.97 Å². The van der Waals surface area contributed by atoms with E-state index in [0.29, 0.717) is 24.6 Å². The second-order valence-electron chi connectivity index (χ2n) is 5.11. The van der Waals surface area contributed by atoms with Crippen LogP contribution >= 0.6 is 0 Å². The molecule has 1 saturated heterocycles. The molecule has 114 valence electrons. The van der Waals surface area contributed by atoms with Crippen molar-refractivity contribution in [2.24, 2.45) is 0 Å². The molecular formula is C15H17N5O2. The van der Waals surface area contributed by atoms with Gasteiger partial charge in [-0.3, -0.25) is 0 Å². The lowest BCUT2D eigenvalue weighted by atomic mass is 10.2. The molecule has 0 unspecified atom stereocenters. The molecular weight excluding hydrogens is 282 g/mol. The lowest BCUT2D eigenvalue weighted by molar-refractivity contribution is 0.0697. The summed E-state index contributed by atoms with van der Waals surface area (Å²) >= 11 is 0. The number of nitrogen functional groups attached to an aromatic ring is 1. The number of piperazine rings is 1. The van der Waals surface area contributed by atoms with Gasteiger partial charge in [0.15, 0.2) is 0 Å². The Hall–Kier alpha value is -2.83. The first-order valence-corrected chi connectivity index (χ1v) is 7.05. The number of nitrogens with zero attached hydrogens (tertiary/aromatic N) is 4. The molecule has 0 amide bonds. The molecule has 7 nitrogen and oxygen atoms in total. The Bertz CT molecular complexity index is 669. The van der Waals surface area contributed by atoms with Crippen molar-refractivity contribution < 1.29 is 9.90 Å². The highest BCUT2D eigenvalue weighted by Gasteiger charge is 2.23. The van der Waals surface area contributed by atoms with Crippen LogP contribution < -0.4 is 15.5 Å². The molecule has 3 N–H and O–H groups in total. The highest BCUT2D eigenvalue weighted by molar-refractivity contribution is 5.94. The monoisotopic (exact) mass is 299 g/mol. The fraction of sp³-hybridized carbons (Fsp3) is 0.267. The Morgan fingerprint density at radius 2 is 1.86 bits per heavy atom. The number of carbonyl (C=O) groups is 1. The van der Waals surface area contributed by atoms with Gasteiger partial charge in [0.25, 0.3) is 0 Å². The molecule has 3 heterocycles. The minimum atomic E-state index is -1.01. The van der Waals surface area contributed by atoms with Crippen LogP contribution in [0.1, 0.15) is 10.4 Å². The Morgan fingerprint density at radius 3 is 2.50 bits per heavy atom. The van der Waals surface area contributed by atoms with Crippen molar-refractivity contribution in [3.8, 4) is 0 Å². The minimum absolute atomic E-state index is 0.145. The maximum atomic E-state index is 11.4. The van der Waals surface area contributed by atoms with Crippen LogP contribution in [0.4, 0.5) is 17.3 Å². The highest BCUT2D eigenvalue weighted by Crippen LogP contribution is 2.22. The molecule has 7 heteroatoms. The van der Waals surface area contributed by atoms with Crippen LogP contribution in [0.2, 0.25) is 0 Å². The smallest absolute Gasteiger partial charge is 0.339 e. The average Bonchev–Trinajstić information content (AvgIpc) is 2.56. The Labute approximate surface area is 128 Å². The van der Waals surface area contributed by atoms with Gasteiger partial charge in [-0.15, -0.1) is 0 Å². The summed E-state index contributed by atoms with van der Waals surface area (Å²) in [6.07, 6.45) is 3.26. The van der Waals surface area contributed by atoms with Gasteiger partial charge in [-0.2, -0.15) is 0 Å². The van der Waals surface area contributed by atoms with Crippen molar-refractivity contribution >= 4 is 23.3 Å². The standard InChI is InChI=1S/C15H17N5O2/c16-11-9-12(15(21)22)14(18-10-11)20-7-5-19(6-8-20)13-3-1-2-4-17-13/h1-4,9-10H,5-8,16H2,(H,21,22). The predicted molar refractivity (Wildman–Crippen MR) is 84.3 cm³/mol. The zero-order valence-corrected chi connectivity index (χ0v) is 12.0. The van der Waals surface area contributed by atoms with Gasteiger partial charge in [0.05, 0.1) is 11.9 Å². The zero-order valence-electron chi connectivity index (χ0n) is 12.0. The molecule has 2 aromatic heterocycles. The summed E-state index contributed by atoms with van der Waals surface area (Å²) in [4.78, 5) is 24.1. The summed E-state index contributed by atoms with van der Waals surface area (Å²) in [5, 5.41) is 9.31. The third-order valence-corrected chi connectivity index (χ3v) is 3.67. The largest absolute Gasteiger partial charge is 0.478 e. The lowest BCUT2D eigenvalue weighted by Crippen LogP contribution is -2.47. The SMILES string of the molecule is Nc1cnc(N2CCN(c3ccccn3)CC2)c(C(=O)O)c1. The molecule has 22 heavy (non-hydrogen) atoms. The summed E-state index contributed by atoms with van der Waals surface area (Å²) in [5.74, 6) is 0.398. The minimum Gasteiger partial charge on any atom is -0.478 e. The maximum Gasteiger partial charge on any atom is 0.339 e. The second-order valence-corrected chi connectivity index (χ2v) is 5.11.